The fraction of sp³-hybridized carbons (Fsp3) is 0.450. The van der Waals surface area contributed by atoms with Crippen molar-refractivity contribution in [2.75, 3.05) is 6.61 Å². The third-order valence-corrected chi connectivity index (χ3v) is 6.48. The first-order valence-electron chi connectivity index (χ1n) is 9.40. The van der Waals surface area contributed by atoms with Gasteiger partial charge in [-0.25, -0.2) is 9.79 Å². The molecule has 3 heterocycles. The van der Waals surface area contributed by atoms with Crippen LogP contribution in [0.1, 0.15) is 51.5 Å². The van der Waals surface area contributed by atoms with Gasteiger partial charge in [0.1, 0.15) is 6.04 Å². The number of aliphatic imine (C=N–C) groups is 1. The lowest BCUT2D eigenvalue weighted by molar-refractivity contribution is -0.139. The van der Waals surface area contributed by atoms with Gasteiger partial charge >= 0.3 is 5.97 Å². The van der Waals surface area contributed by atoms with E-state index in [2.05, 4.69) is 10.3 Å². The Morgan fingerprint density at radius 2 is 2.18 bits per heavy atom. The van der Waals surface area contributed by atoms with Gasteiger partial charge in [0.25, 0.3) is 0 Å². The highest BCUT2D eigenvalue weighted by molar-refractivity contribution is 8.16. The van der Waals surface area contributed by atoms with Gasteiger partial charge in [0.2, 0.25) is 5.91 Å². The van der Waals surface area contributed by atoms with E-state index < -0.39 is 0 Å². The molecular weight excluding hydrogens is 394 g/mol. The third kappa shape index (κ3) is 4.17. The predicted octanol–water partition coefficient (Wildman–Crippen LogP) is 4.19. The second-order valence-corrected chi connectivity index (χ2v) is 8.50. The number of hydrogen-bond donors (Lipinski definition) is 1. The molecule has 0 unspecified atom stereocenters. The van der Waals surface area contributed by atoms with Gasteiger partial charge in [-0.3, -0.25) is 4.79 Å². The van der Waals surface area contributed by atoms with E-state index in [-0.39, 0.29) is 30.4 Å². The fourth-order valence-corrected chi connectivity index (χ4v) is 4.94. The number of nitrogens with one attached hydrogen (secondary N) is 1. The van der Waals surface area contributed by atoms with Crippen molar-refractivity contribution in [3.05, 3.63) is 44.8 Å². The molecule has 1 aromatic heterocycles. The van der Waals surface area contributed by atoms with Crippen LogP contribution in [0.3, 0.4) is 0 Å². The van der Waals surface area contributed by atoms with Crippen molar-refractivity contribution < 1.29 is 14.3 Å². The van der Waals surface area contributed by atoms with Gasteiger partial charge in [-0.1, -0.05) is 24.8 Å². The number of carbonyl (C=O) groups excluding carboxylic acids is 2. The van der Waals surface area contributed by atoms with Crippen LogP contribution in [0.25, 0.3) is 0 Å². The molecule has 6 nitrogen and oxygen atoms in total. The Bertz CT molecular complexity index is 843. The summed E-state index contributed by atoms with van der Waals surface area (Å²) in [5.41, 5.74) is 2.04. The maximum Gasteiger partial charge on any atom is 0.338 e. The molecule has 0 saturated heterocycles. The number of amidine groups is 1. The molecule has 2 aliphatic heterocycles. The molecule has 28 heavy (non-hydrogen) atoms. The zero-order valence-corrected chi connectivity index (χ0v) is 18.2. The number of thioether (sulfide) groups is 1. The van der Waals surface area contributed by atoms with Crippen molar-refractivity contribution in [3.8, 4) is 0 Å². The summed E-state index contributed by atoms with van der Waals surface area (Å²) in [6.45, 7) is 7.96. The summed E-state index contributed by atoms with van der Waals surface area (Å²) in [4.78, 5) is 32.9. The summed E-state index contributed by atoms with van der Waals surface area (Å²) in [7, 11) is 0. The van der Waals surface area contributed by atoms with E-state index in [4.69, 9.17) is 4.74 Å². The lowest BCUT2D eigenvalue weighted by Gasteiger charge is -2.35. The van der Waals surface area contributed by atoms with Gasteiger partial charge in [-0.05, 0) is 44.0 Å². The maximum absolute atomic E-state index is 12.7. The number of hydrogen-bond acceptors (Lipinski definition) is 7. The molecule has 3 rings (SSSR count). The van der Waals surface area contributed by atoms with Gasteiger partial charge in [0, 0.05) is 16.6 Å². The monoisotopic (exact) mass is 419 g/mol. The molecule has 0 bridgehead atoms. The molecule has 1 amide bonds. The number of allylic oxidation sites excluding steroid dienone is 1. The van der Waals surface area contributed by atoms with E-state index in [1.807, 2.05) is 48.6 Å². The molecule has 2 atom stereocenters. The smallest absolute Gasteiger partial charge is 0.338 e. The lowest BCUT2D eigenvalue weighted by atomic mass is 9.99. The molecule has 150 valence electrons. The van der Waals surface area contributed by atoms with Crippen LogP contribution in [0, 0.1) is 0 Å². The van der Waals surface area contributed by atoms with Crippen molar-refractivity contribution in [1.82, 2.24) is 10.2 Å². The zero-order valence-electron chi connectivity index (χ0n) is 16.5. The largest absolute Gasteiger partial charge is 0.463 e. The Hall–Kier alpha value is -2.06. The number of amides is 1. The second kappa shape index (κ2) is 8.96. The first-order chi connectivity index (χ1) is 13.5. The van der Waals surface area contributed by atoms with E-state index in [9.17, 15) is 9.59 Å². The Morgan fingerprint density at radius 3 is 2.82 bits per heavy atom. The Labute approximate surface area is 173 Å². The summed E-state index contributed by atoms with van der Waals surface area (Å²) in [5.74, 6) is -0.391. The Balaban J connectivity index is 1.94. The summed E-state index contributed by atoms with van der Waals surface area (Å²) in [6.07, 6.45) is 1.12. The highest BCUT2D eigenvalue weighted by Gasteiger charge is 2.41. The van der Waals surface area contributed by atoms with E-state index in [1.54, 1.807) is 18.3 Å². The topological polar surface area (TPSA) is 71.0 Å². The van der Waals surface area contributed by atoms with Crippen LogP contribution in [0.2, 0.25) is 0 Å². The normalized spacial score (nSPS) is 19.7. The van der Waals surface area contributed by atoms with Crippen molar-refractivity contribution >= 4 is 40.1 Å². The predicted molar refractivity (Wildman–Crippen MR) is 114 cm³/mol. The van der Waals surface area contributed by atoms with Crippen LogP contribution in [0.15, 0.2) is 44.9 Å². The Morgan fingerprint density at radius 1 is 1.39 bits per heavy atom. The third-order valence-electron chi connectivity index (χ3n) is 4.67. The first kappa shape index (κ1) is 20.7. The van der Waals surface area contributed by atoms with Crippen LogP contribution >= 0.6 is 23.1 Å². The van der Waals surface area contributed by atoms with Gasteiger partial charge in [0.05, 0.1) is 24.3 Å². The minimum Gasteiger partial charge on any atom is -0.463 e. The van der Waals surface area contributed by atoms with Crippen molar-refractivity contribution in [2.24, 2.45) is 4.99 Å². The number of fused-ring (bicyclic) bond motifs is 1. The highest BCUT2D eigenvalue weighted by atomic mass is 32.2. The molecule has 1 aromatic rings. The van der Waals surface area contributed by atoms with Crippen molar-refractivity contribution in [1.29, 1.82) is 0 Å². The molecule has 0 radical (unpaired) electrons. The SMILES string of the molecule is CCOC(=O)C1=C(C)N=C2SC=C(CC(=O)N[C@H](C)CC)N2[C@@H]1c1cccs1. The van der Waals surface area contributed by atoms with Crippen LogP contribution in [-0.4, -0.2) is 34.6 Å². The molecule has 8 heteroatoms. The van der Waals surface area contributed by atoms with Crippen molar-refractivity contribution in [3.63, 3.8) is 0 Å². The average molecular weight is 420 g/mol. The first-order valence-corrected chi connectivity index (χ1v) is 11.2. The molecule has 0 spiro atoms. The summed E-state index contributed by atoms with van der Waals surface area (Å²) in [6, 6.07) is 3.77. The maximum atomic E-state index is 12.7. The number of esters is 1. The number of nitrogens with zero attached hydrogens (tertiary/aromatic N) is 2. The molecule has 2 aliphatic rings. The van der Waals surface area contributed by atoms with Gasteiger partial charge in [-0.15, -0.1) is 11.3 Å². The quantitative estimate of drug-likeness (QED) is 0.671. The van der Waals surface area contributed by atoms with E-state index >= 15 is 0 Å². The second-order valence-electron chi connectivity index (χ2n) is 6.68. The van der Waals surface area contributed by atoms with Crippen LogP contribution in [-0.2, 0) is 14.3 Å². The summed E-state index contributed by atoms with van der Waals surface area (Å²) in [5, 5.41) is 7.74. The minimum atomic E-state index is -0.360. The summed E-state index contributed by atoms with van der Waals surface area (Å²) >= 11 is 3.06. The molecular formula is C20H25N3O3S2. The fourth-order valence-electron chi connectivity index (χ4n) is 3.15. The van der Waals surface area contributed by atoms with E-state index in [1.165, 1.54) is 11.8 Å². The van der Waals surface area contributed by atoms with E-state index in [0.717, 1.165) is 22.2 Å². The highest BCUT2D eigenvalue weighted by Crippen LogP contribution is 2.45. The number of rotatable bonds is 7. The number of ether oxygens (including phenoxy) is 1. The molecule has 0 fully saturated rings. The number of carbonyl (C=O) groups is 2. The standard InChI is InChI=1S/C20H25N3O3S2/c1-5-12(3)21-16(24)10-14-11-28-20-22-13(4)17(19(25)26-6-2)18(23(14)20)15-8-7-9-27-15/h7-9,11-12,18H,5-6,10H2,1-4H3,(H,21,24)/t12-,18-/m1/s1. The zero-order chi connectivity index (χ0) is 20.3. The van der Waals surface area contributed by atoms with Crippen LogP contribution < -0.4 is 5.32 Å². The Kier molecular flexibility index (Phi) is 6.61. The van der Waals surface area contributed by atoms with E-state index in [0.29, 0.717) is 17.9 Å². The lowest BCUT2D eigenvalue weighted by Crippen LogP contribution is -2.38. The minimum absolute atomic E-state index is 0.0312. The molecule has 0 aliphatic carbocycles. The molecule has 1 N–H and O–H groups in total. The van der Waals surface area contributed by atoms with Gasteiger partial charge in [-0.2, -0.15) is 0 Å². The molecule has 0 aromatic carbocycles. The van der Waals surface area contributed by atoms with Gasteiger partial charge < -0.3 is 15.0 Å². The average Bonchev–Trinajstić information content (AvgIpc) is 3.31. The van der Waals surface area contributed by atoms with Crippen LogP contribution in [0.4, 0.5) is 0 Å². The van der Waals surface area contributed by atoms with Gasteiger partial charge in [0.15, 0.2) is 5.17 Å². The molecule has 0 saturated carbocycles. The van der Waals surface area contributed by atoms with Crippen molar-refractivity contribution in [2.45, 2.75) is 52.6 Å². The summed E-state index contributed by atoms with van der Waals surface area (Å²) < 4.78 is 5.32. The van der Waals surface area contributed by atoms with Crippen LogP contribution in [0.5, 0.6) is 0 Å². The number of thiophene rings is 1.